The van der Waals surface area contributed by atoms with Crippen LogP contribution in [0.2, 0.25) is 0 Å². The van der Waals surface area contributed by atoms with Gasteiger partial charge in [0.15, 0.2) is 0 Å². The summed E-state index contributed by atoms with van der Waals surface area (Å²) in [5.74, 6) is 0. The van der Waals surface area contributed by atoms with Crippen molar-refractivity contribution >= 4 is 15.9 Å². The molecule has 0 fully saturated rings. The molecule has 0 N–H and O–H groups in total. The molecule has 3 heteroatoms. The van der Waals surface area contributed by atoms with Gasteiger partial charge in [0.25, 0.3) is 0 Å². The van der Waals surface area contributed by atoms with E-state index in [9.17, 15) is 0 Å². The van der Waals surface area contributed by atoms with Gasteiger partial charge in [-0.1, -0.05) is 28.3 Å². The fourth-order valence-electron chi connectivity index (χ4n) is 0.299. The Hall–Kier alpha value is 0.227. The van der Waals surface area contributed by atoms with Gasteiger partial charge >= 0.3 is 18.9 Å². The van der Waals surface area contributed by atoms with Crippen LogP contribution >= 0.6 is 15.9 Å². The summed E-state index contributed by atoms with van der Waals surface area (Å²) in [6, 6.07) is 4.67. The Morgan fingerprint density at radius 1 is 1.62 bits per heavy atom. The van der Waals surface area contributed by atoms with Crippen LogP contribution in [-0.4, -0.2) is 4.98 Å². The zero-order chi connectivity index (χ0) is 5.11. The third-order valence-corrected chi connectivity index (χ3v) is 1.08. The third kappa shape index (κ3) is 2.51. The molecule has 0 aliphatic rings. The first kappa shape index (κ1) is 8.23. The number of aromatic nitrogens is 1. The van der Waals surface area contributed by atoms with Gasteiger partial charge in [0.05, 0.1) is 0 Å². The van der Waals surface area contributed by atoms with E-state index in [0.717, 1.165) is 4.47 Å². The molecule has 0 aliphatic carbocycles. The maximum atomic E-state index is 3.76. The van der Waals surface area contributed by atoms with E-state index < -0.39 is 0 Å². The molecule has 1 heterocycles. The molecule has 0 radical (unpaired) electrons. The van der Waals surface area contributed by atoms with Crippen molar-refractivity contribution in [1.29, 1.82) is 0 Å². The average Bonchev–Trinajstić information content (AvgIpc) is 1.69. The van der Waals surface area contributed by atoms with Gasteiger partial charge < -0.3 is 4.98 Å². The van der Waals surface area contributed by atoms with Crippen molar-refractivity contribution in [2.75, 3.05) is 0 Å². The Balaban J connectivity index is 0.000000490. The molecule has 1 nitrogen and oxygen atoms in total. The normalized spacial score (nSPS) is 7.62. The van der Waals surface area contributed by atoms with Gasteiger partial charge in [-0.25, -0.2) is 6.07 Å². The first-order valence-electron chi connectivity index (χ1n) is 1.87. The molecular weight excluding hydrogens is 161 g/mol. The summed E-state index contributed by atoms with van der Waals surface area (Å²) in [7, 11) is 0. The van der Waals surface area contributed by atoms with Crippen LogP contribution in [0, 0.1) is 6.07 Å². The van der Waals surface area contributed by atoms with Crippen LogP contribution in [0.25, 0.3) is 0 Å². The number of hydrogen-bond acceptors (Lipinski definition) is 1. The number of halogens is 1. The Morgan fingerprint density at radius 3 is 2.62 bits per heavy atom. The van der Waals surface area contributed by atoms with Gasteiger partial charge in [-0.05, 0) is 0 Å². The van der Waals surface area contributed by atoms with Crippen LogP contribution in [0.15, 0.2) is 22.9 Å². The summed E-state index contributed by atoms with van der Waals surface area (Å²) in [4.78, 5) is 3.76. The van der Waals surface area contributed by atoms with Crippen molar-refractivity contribution in [3.8, 4) is 0 Å². The number of hydrogen-bond donors (Lipinski definition) is 0. The second-order valence-electron chi connectivity index (χ2n) is 1.09. The summed E-state index contributed by atoms with van der Waals surface area (Å²) >= 11 is 3.22. The average molecular weight is 164 g/mol. The minimum atomic E-state index is 0. The van der Waals surface area contributed by atoms with Crippen LogP contribution in [-0.2, 0) is 0 Å². The molecule has 1 aromatic rings. The predicted molar refractivity (Wildman–Crippen MR) is 30.8 cm³/mol. The van der Waals surface area contributed by atoms with E-state index in [4.69, 9.17) is 0 Å². The van der Waals surface area contributed by atoms with E-state index in [2.05, 4.69) is 27.0 Å². The Labute approximate surface area is 68.8 Å². The fourth-order valence-corrected chi connectivity index (χ4v) is 0.519. The van der Waals surface area contributed by atoms with Crippen molar-refractivity contribution in [2.24, 2.45) is 0 Å². The number of pyridine rings is 1. The second-order valence-corrected chi connectivity index (χ2v) is 1.94. The summed E-state index contributed by atoms with van der Waals surface area (Å²) < 4.78 is 0.947. The quantitative estimate of drug-likeness (QED) is 0.341. The monoisotopic (exact) mass is 163 g/mol. The summed E-state index contributed by atoms with van der Waals surface area (Å²) in [6.45, 7) is 0. The summed E-state index contributed by atoms with van der Waals surface area (Å²) in [6.07, 6.45) is 3.32. The molecule has 0 amide bonds. The van der Waals surface area contributed by atoms with Crippen LogP contribution in [0.1, 0.15) is 0 Å². The maximum absolute atomic E-state index is 3.76. The maximum Gasteiger partial charge on any atom is 1.00 e. The molecule has 1 rings (SSSR count). The van der Waals surface area contributed by atoms with E-state index >= 15 is 0 Å². The summed E-state index contributed by atoms with van der Waals surface area (Å²) in [5, 5.41) is 0. The molecule has 0 unspecified atom stereocenters. The Kier molecular flexibility index (Phi) is 4.26. The molecule has 0 spiro atoms. The van der Waals surface area contributed by atoms with Gasteiger partial charge in [-0.15, -0.1) is 4.47 Å². The van der Waals surface area contributed by atoms with Crippen molar-refractivity contribution in [3.05, 3.63) is 29.0 Å². The Morgan fingerprint density at radius 2 is 2.38 bits per heavy atom. The zero-order valence-corrected chi connectivity index (χ0v) is 6.14. The molecule has 8 heavy (non-hydrogen) atoms. The van der Waals surface area contributed by atoms with Gasteiger partial charge in [-0.3, -0.25) is 0 Å². The Bertz CT molecular complexity index is 142. The van der Waals surface area contributed by atoms with Gasteiger partial charge in [0, 0.05) is 0 Å². The third-order valence-electron chi connectivity index (χ3n) is 0.584. The van der Waals surface area contributed by atoms with Gasteiger partial charge in [0.1, 0.15) is 0 Å². The number of rotatable bonds is 0. The SMILES string of the molecule is Brc1[c-]cncc1.[Li+]. The largest absolute Gasteiger partial charge is 1.00 e. The molecule has 0 bridgehead atoms. The molecule has 0 saturated heterocycles. The minimum absolute atomic E-state index is 0. The van der Waals surface area contributed by atoms with Crippen LogP contribution in [0.5, 0.6) is 0 Å². The zero-order valence-electron chi connectivity index (χ0n) is 4.56. The first-order chi connectivity index (χ1) is 3.39. The second kappa shape index (κ2) is 4.14. The van der Waals surface area contributed by atoms with Crippen LogP contribution in [0.4, 0.5) is 0 Å². The molecule has 1 aromatic heterocycles. The van der Waals surface area contributed by atoms with Crippen molar-refractivity contribution in [3.63, 3.8) is 0 Å². The topological polar surface area (TPSA) is 12.9 Å². The van der Waals surface area contributed by atoms with Crippen molar-refractivity contribution in [2.45, 2.75) is 0 Å². The van der Waals surface area contributed by atoms with Gasteiger partial charge in [-0.2, -0.15) is 6.07 Å². The molecule has 0 atom stereocenters. The van der Waals surface area contributed by atoms with Crippen molar-refractivity contribution in [1.82, 2.24) is 4.98 Å². The molecular formula is C5H3BrLiN. The smallest absolute Gasteiger partial charge is 0.304 e. The van der Waals surface area contributed by atoms with E-state index in [1.54, 1.807) is 12.4 Å². The van der Waals surface area contributed by atoms with E-state index in [1.165, 1.54) is 0 Å². The van der Waals surface area contributed by atoms with E-state index in [0.29, 0.717) is 0 Å². The minimum Gasteiger partial charge on any atom is -0.304 e. The molecule has 0 aliphatic heterocycles. The van der Waals surface area contributed by atoms with Crippen molar-refractivity contribution < 1.29 is 18.9 Å². The van der Waals surface area contributed by atoms with E-state index in [1.807, 2.05) is 6.07 Å². The van der Waals surface area contributed by atoms with Crippen LogP contribution in [0.3, 0.4) is 0 Å². The van der Waals surface area contributed by atoms with E-state index in [-0.39, 0.29) is 18.9 Å². The standard InChI is InChI=1S/C5H3BrN.Li/c6-5-1-3-7-4-2-5;/h1,3-4H;/q-1;+1. The number of nitrogens with zero attached hydrogens (tertiary/aromatic N) is 1. The molecule has 36 valence electrons. The molecule has 0 aromatic carbocycles. The first-order valence-corrected chi connectivity index (χ1v) is 2.66. The van der Waals surface area contributed by atoms with Gasteiger partial charge in [0.2, 0.25) is 0 Å². The molecule has 0 saturated carbocycles. The van der Waals surface area contributed by atoms with Crippen LogP contribution < -0.4 is 18.9 Å². The summed E-state index contributed by atoms with van der Waals surface area (Å²) in [5.41, 5.74) is 0. The predicted octanol–water partition coefficient (Wildman–Crippen LogP) is -1.35. The fraction of sp³-hybridized carbons (Fsp3) is 0.